The van der Waals surface area contributed by atoms with Crippen molar-refractivity contribution in [3.63, 3.8) is 0 Å². The van der Waals surface area contributed by atoms with Gasteiger partial charge < -0.3 is 10.6 Å². The van der Waals surface area contributed by atoms with Crippen molar-refractivity contribution in [1.29, 1.82) is 0 Å². The summed E-state index contributed by atoms with van der Waals surface area (Å²) in [6.45, 7) is 8.44. The number of nitrogens with two attached hydrogens (primary N) is 1. The Kier molecular flexibility index (Phi) is 4.19. The molecular formula is C12H20N4OS. The van der Waals surface area contributed by atoms with Crippen molar-refractivity contribution in [2.75, 3.05) is 26.2 Å². The molecular weight excluding hydrogens is 248 g/mol. The largest absolute Gasteiger partial charge is 0.351 e. The molecule has 0 radical (unpaired) electrons. The van der Waals surface area contributed by atoms with Crippen LogP contribution in [0.2, 0.25) is 0 Å². The lowest BCUT2D eigenvalue weighted by atomic mass is 10.3. The first kappa shape index (κ1) is 13.3. The Bertz CT molecular complexity index is 432. The topological polar surface area (TPSA) is 62.5 Å². The predicted molar refractivity (Wildman–Crippen MR) is 72.6 cm³/mol. The van der Waals surface area contributed by atoms with Crippen molar-refractivity contribution >= 4 is 17.4 Å². The molecule has 0 saturated carbocycles. The predicted octanol–water partition coefficient (Wildman–Crippen LogP) is 1.35. The molecule has 2 amide bonds. The summed E-state index contributed by atoms with van der Waals surface area (Å²) in [5.41, 5.74) is 6.46. The zero-order valence-electron chi connectivity index (χ0n) is 11.0. The summed E-state index contributed by atoms with van der Waals surface area (Å²) in [6, 6.07) is -0.304. The molecule has 5 nitrogen and oxygen atoms in total. The first-order chi connectivity index (χ1) is 8.56. The maximum Gasteiger partial charge on any atom is 0.314 e. The third-order valence-corrected chi connectivity index (χ3v) is 4.32. The molecule has 0 spiro atoms. The molecule has 2 rings (SSSR count). The molecule has 6 heteroatoms. The second kappa shape index (κ2) is 5.67. The van der Waals surface area contributed by atoms with Crippen LogP contribution in [0.4, 0.5) is 4.79 Å². The van der Waals surface area contributed by atoms with E-state index < -0.39 is 0 Å². The molecule has 1 aromatic heterocycles. The van der Waals surface area contributed by atoms with Gasteiger partial charge in [0, 0.05) is 37.6 Å². The molecule has 0 bridgehead atoms. The fraction of sp³-hybridized carbons (Fsp3) is 0.667. The molecule has 100 valence electrons. The van der Waals surface area contributed by atoms with Gasteiger partial charge in [-0.1, -0.05) is 0 Å². The van der Waals surface area contributed by atoms with Crippen molar-refractivity contribution in [3.05, 3.63) is 15.6 Å². The second-order valence-corrected chi connectivity index (χ2v) is 5.98. The van der Waals surface area contributed by atoms with Crippen LogP contribution in [-0.2, 0) is 6.54 Å². The molecule has 0 unspecified atom stereocenters. The van der Waals surface area contributed by atoms with E-state index in [9.17, 15) is 4.79 Å². The minimum Gasteiger partial charge on any atom is -0.351 e. The van der Waals surface area contributed by atoms with Crippen LogP contribution in [0.1, 0.15) is 22.0 Å². The molecule has 1 aromatic rings. The normalized spacial score (nSPS) is 17.8. The summed E-state index contributed by atoms with van der Waals surface area (Å²) in [5, 5.41) is 1.12. The highest BCUT2D eigenvalue weighted by molar-refractivity contribution is 7.11. The lowest BCUT2D eigenvalue weighted by Gasteiger charge is -2.20. The van der Waals surface area contributed by atoms with Gasteiger partial charge in [-0.15, -0.1) is 11.3 Å². The summed E-state index contributed by atoms with van der Waals surface area (Å²) < 4.78 is 0. The van der Waals surface area contributed by atoms with Gasteiger partial charge in [-0.3, -0.25) is 4.90 Å². The number of amides is 2. The van der Waals surface area contributed by atoms with Gasteiger partial charge in [0.25, 0.3) is 0 Å². The van der Waals surface area contributed by atoms with Crippen LogP contribution in [-0.4, -0.2) is 47.0 Å². The van der Waals surface area contributed by atoms with E-state index in [2.05, 4.69) is 16.8 Å². The quantitative estimate of drug-likeness (QED) is 0.880. The third-order valence-electron chi connectivity index (χ3n) is 3.27. The molecule has 0 atom stereocenters. The maximum absolute atomic E-state index is 11.2. The molecule has 1 saturated heterocycles. The number of thiazole rings is 1. The van der Waals surface area contributed by atoms with Crippen LogP contribution < -0.4 is 5.73 Å². The highest BCUT2D eigenvalue weighted by Gasteiger charge is 2.18. The van der Waals surface area contributed by atoms with Crippen LogP contribution >= 0.6 is 11.3 Å². The zero-order chi connectivity index (χ0) is 13.1. The van der Waals surface area contributed by atoms with E-state index in [0.29, 0.717) is 0 Å². The first-order valence-corrected chi connectivity index (χ1v) is 7.07. The van der Waals surface area contributed by atoms with Crippen LogP contribution in [0.5, 0.6) is 0 Å². The van der Waals surface area contributed by atoms with Crippen LogP contribution in [0.3, 0.4) is 0 Å². The first-order valence-electron chi connectivity index (χ1n) is 6.26. The van der Waals surface area contributed by atoms with E-state index >= 15 is 0 Å². The van der Waals surface area contributed by atoms with Gasteiger partial charge in [-0.25, -0.2) is 9.78 Å². The zero-order valence-corrected chi connectivity index (χ0v) is 11.8. The number of nitrogens with zero attached hydrogens (tertiary/aromatic N) is 3. The summed E-state index contributed by atoms with van der Waals surface area (Å²) in [5.74, 6) is 0. The van der Waals surface area contributed by atoms with Gasteiger partial charge in [-0.05, 0) is 20.3 Å². The van der Waals surface area contributed by atoms with E-state index in [0.717, 1.165) is 49.8 Å². The lowest BCUT2D eigenvalue weighted by Crippen LogP contribution is -2.38. The second-order valence-electron chi connectivity index (χ2n) is 4.70. The van der Waals surface area contributed by atoms with Crippen molar-refractivity contribution in [3.8, 4) is 0 Å². The Morgan fingerprint density at radius 1 is 1.33 bits per heavy atom. The Morgan fingerprint density at radius 3 is 2.72 bits per heavy atom. The number of urea groups is 1. The van der Waals surface area contributed by atoms with Gasteiger partial charge >= 0.3 is 6.03 Å². The third kappa shape index (κ3) is 3.20. The fourth-order valence-electron chi connectivity index (χ4n) is 2.27. The standard InChI is InChI=1S/C12H20N4OS/c1-9-11(18-10(2)14-9)8-15-4-3-5-16(7-6-15)12(13)17/h3-8H2,1-2H3,(H2,13,17). The van der Waals surface area contributed by atoms with Crippen LogP contribution in [0, 0.1) is 13.8 Å². The Balaban J connectivity index is 1.94. The van der Waals surface area contributed by atoms with Crippen molar-refractivity contribution in [1.82, 2.24) is 14.8 Å². The summed E-state index contributed by atoms with van der Waals surface area (Å²) in [7, 11) is 0. The smallest absolute Gasteiger partial charge is 0.314 e. The van der Waals surface area contributed by atoms with Gasteiger partial charge in [0.1, 0.15) is 0 Å². The molecule has 1 fully saturated rings. The van der Waals surface area contributed by atoms with Crippen LogP contribution in [0.25, 0.3) is 0 Å². The Hall–Kier alpha value is -1.14. The Labute approximate surface area is 112 Å². The van der Waals surface area contributed by atoms with Gasteiger partial charge in [-0.2, -0.15) is 0 Å². The summed E-state index contributed by atoms with van der Waals surface area (Å²) >= 11 is 1.76. The fourth-order valence-corrected chi connectivity index (χ4v) is 3.25. The molecule has 1 aliphatic rings. The van der Waals surface area contributed by atoms with Crippen molar-refractivity contribution in [2.45, 2.75) is 26.8 Å². The van der Waals surface area contributed by atoms with E-state index in [1.54, 1.807) is 16.2 Å². The molecule has 2 N–H and O–H groups in total. The number of aromatic nitrogens is 1. The molecule has 0 aliphatic carbocycles. The number of hydrogen-bond donors (Lipinski definition) is 1. The monoisotopic (exact) mass is 268 g/mol. The van der Waals surface area contributed by atoms with E-state index in [1.165, 1.54) is 4.88 Å². The van der Waals surface area contributed by atoms with Gasteiger partial charge in [0.05, 0.1) is 10.7 Å². The number of aryl methyl sites for hydroxylation is 2. The number of rotatable bonds is 2. The molecule has 0 aromatic carbocycles. The lowest BCUT2D eigenvalue weighted by molar-refractivity contribution is 0.207. The van der Waals surface area contributed by atoms with Crippen LogP contribution in [0.15, 0.2) is 0 Å². The molecule has 1 aliphatic heterocycles. The average Bonchev–Trinajstić information content (AvgIpc) is 2.53. The van der Waals surface area contributed by atoms with Gasteiger partial charge in [0.2, 0.25) is 0 Å². The number of hydrogen-bond acceptors (Lipinski definition) is 4. The summed E-state index contributed by atoms with van der Waals surface area (Å²) in [6.07, 6.45) is 0.986. The number of primary amides is 1. The van der Waals surface area contributed by atoms with Crippen molar-refractivity contribution in [2.24, 2.45) is 5.73 Å². The minimum atomic E-state index is -0.304. The molecule has 18 heavy (non-hydrogen) atoms. The SMILES string of the molecule is Cc1nc(C)c(CN2CCCN(C(N)=O)CC2)s1. The number of carbonyl (C=O) groups excluding carboxylic acids is 1. The van der Waals surface area contributed by atoms with Crippen molar-refractivity contribution < 1.29 is 4.79 Å². The maximum atomic E-state index is 11.2. The highest BCUT2D eigenvalue weighted by Crippen LogP contribution is 2.19. The highest BCUT2D eigenvalue weighted by atomic mass is 32.1. The molecule has 2 heterocycles. The average molecular weight is 268 g/mol. The minimum absolute atomic E-state index is 0.304. The van der Waals surface area contributed by atoms with E-state index in [-0.39, 0.29) is 6.03 Å². The Morgan fingerprint density at radius 2 is 2.11 bits per heavy atom. The van der Waals surface area contributed by atoms with E-state index in [4.69, 9.17) is 5.73 Å². The summed E-state index contributed by atoms with van der Waals surface area (Å²) in [4.78, 5) is 21.0. The van der Waals surface area contributed by atoms with E-state index in [1.807, 2.05) is 6.92 Å². The number of carbonyl (C=O) groups is 1. The van der Waals surface area contributed by atoms with Gasteiger partial charge in [0.15, 0.2) is 0 Å².